The summed E-state index contributed by atoms with van der Waals surface area (Å²) in [4.78, 5) is 7.30. The summed E-state index contributed by atoms with van der Waals surface area (Å²) in [7, 11) is 1.71. The summed E-state index contributed by atoms with van der Waals surface area (Å²) < 4.78 is 10.9. The Morgan fingerprint density at radius 1 is 1.38 bits per heavy atom. The van der Waals surface area contributed by atoms with E-state index in [4.69, 9.17) is 14.1 Å². The van der Waals surface area contributed by atoms with Crippen molar-refractivity contribution in [2.75, 3.05) is 39.9 Å². The van der Waals surface area contributed by atoms with Crippen molar-refractivity contribution in [3.8, 4) is 0 Å². The molecular formula is C18H32N4O2. The van der Waals surface area contributed by atoms with E-state index >= 15 is 0 Å². The van der Waals surface area contributed by atoms with E-state index in [0.29, 0.717) is 13.2 Å². The fraction of sp³-hybridized carbons (Fsp3) is 0.722. The van der Waals surface area contributed by atoms with Gasteiger partial charge in [-0.3, -0.25) is 9.89 Å². The highest BCUT2D eigenvalue weighted by Gasteiger charge is 2.24. The molecule has 2 rings (SSSR count). The van der Waals surface area contributed by atoms with Crippen LogP contribution < -0.4 is 10.6 Å². The summed E-state index contributed by atoms with van der Waals surface area (Å²) in [5.41, 5.74) is 0. The Labute approximate surface area is 145 Å². The molecule has 1 fully saturated rings. The third-order valence-corrected chi connectivity index (χ3v) is 4.27. The van der Waals surface area contributed by atoms with Crippen LogP contribution in [0.4, 0.5) is 0 Å². The van der Waals surface area contributed by atoms with Gasteiger partial charge in [0.15, 0.2) is 5.96 Å². The highest BCUT2D eigenvalue weighted by Crippen LogP contribution is 2.25. The van der Waals surface area contributed by atoms with Gasteiger partial charge in [-0.05, 0) is 51.9 Å². The molecule has 1 aliphatic heterocycles. The van der Waals surface area contributed by atoms with Crippen molar-refractivity contribution in [3.05, 3.63) is 24.2 Å². The van der Waals surface area contributed by atoms with Crippen molar-refractivity contribution in [1.82, 2.24) is 15.5 Å². The van der Waals surface area contributed by atoms with Crippen LogP contribution in [0, 0.1) is 0 Å². The molecule has 6 nitrogen and oxygen atoms in total. The smallest absolute Gasteiger partial charge is 0.191 e. The van der Waals surface area contributed by atoms with Gasteiger partial charge in [-0.2, -0.15) is 0 Å². The molecule has 136 valence electrons. The lowest BCUT2D eigenvalue weighted by Gasteiger charge is -2.32. The molecule has 1 aromatic heterocycles. The number of methoxy groups -OCH3 is 1. The Kier molecular flexibility index (Phi) is 8.12. The fourth-order valence-corrected chi connectivity index (χ4v) is 3.12. The molecule has 0 amide bonds. The first kappa shape index (κ1) is 18.8. The molecule has 0 aliphatic carbocycles. The van der Waals surface area contributed by atoms with Crippen molar-refractivity contribution in [2.24, 2.45) is 4.99 Å². The first-order valence-corrected chi connectivity index (χ1v) is 9.05. The predicted molar refractivity (Wildman–Crippen MR) is 97.3 cm³/mol. The zero-order chi connectivity index (χ0) is 17.2. The van der Waals surface area contributed by atoms with E-state index in [0.717, 1.165) is 31.4 Å². The van der Waals surface area contributed by atoms with Gasteiger partial charge in [0.2, 0.25) is 0 Å². The van der Waals surface area contributed by atoms with Gasteiger partial charge in [-0.1, -0.05) is 6.42 Å². The Hall–Kier alpha value is -1.53. The van der Waals surface area contributed by atoms with Gasteiger partial charge in [-0.15, -0.1) is 0 Å². The van der Waals surface area contributed by atoms with Gasteiger partial charge >= 0.3 is 0 Å². The van der Waals surface area contributed by atoms with E-state index in [2.05, 4.69) is 35.4 Å². The molecule has 1 saturated heterocycles. The fourth-order valence-electron chi connectivity index (χ4n) is 3.12. The summed E-state index contributed by atoms with van der Waals surface area (Å²) in [5, 5.41) is 6.70. The standard InChI is InChI=1S/C18H32N4O2/c1-4-19-18(21-15(2)14-23-3)20-13-16(17-9-8-12-24-17)22-10-6-5-7-11-22/h8-9,12,15-16H,4-7,10-11,13-14H2,1-3H3,(H2,19,20,21). The summed E-state index contributed by atoms with van der Waals surface area (Å²) in [6, 6.07) is 4.43. The SMILES string of the molecule is CCNC(=NCC(c1ccco1)N1CCCCC1)NC(C)COC. The van der Waals surface area contributed by atoms with Crippen molar-refractivity contribution >= 4 is 5.96 Å². The topological polar surface area (TPSA) is 62.0 Å². The minimum Gasteiger partial charge on any atom is -0.468 e. The number of ether oxygens (including phenoxy) is 1. The first-order valence-electron chi connectivity index (χ1n) is 9.05. The monoisotopic (exact) mass is 336 g/mol. The van der Waals surface area contributed by atoms with Crippen molar-refractivity contribution in [3.63, 3.8) is 0 Å². The number of rotatable bonds is 8. The van der Waals surface area contributed by atoms with Crippen LogP contribution in [-0.2, 0) is 4.74 Å². The van der Waals surface area contributed by atoms with Gasteiger partial charge in [0.1, 0.15) is 5.76 Å². The second-order valence-electron chi connectivity index (χ2n) is 6.35. The normalized spacial score (nSPS) is 19.0. The van der Waals surface area contributed by atoms with Crippen LogP contribution in [0.1, 0.15) is 44.9 Å². The number of nitrogens with one attached hydrogen (secondary N) is 2. The van der Waals surface area contributed by atoms with Crippen LogP contribution in [-0.4, -0.2) is 56.8 Å². The van der Waals surface area contributed by atoms with E-state index < -0.39 is 0 Å². The molecule has 2 heterocycles. The number of furan rings is 1. The highest BCUT2D eigenvalue weighted by molar-refractivity contribution is 5.80. The maximum Gasteiger partial charge on any atom is 0.191 e. The van der Waals surface area contributed by atoms with Crippen molar-refractivity contribution < 1.29 is 9.15 Å². The first-order chi connectivity index (χ1) is 11.7. The lowest BCUT2D eigenvalue weighted by atomic mass is 10.1. The molecule has 2 unspecified atom stereocenters. The largest absolute Gasteiger partial charge is 0.468 e. The Morgan fingerprint density at radius 3 is 2.79 bits per heavy atom. The molecule has 1 aliphatic rings. The molecule has 0 aromatic carbocycles. The zero-order valence-electron chi connectivity index (χ0n) is 15.3. The van der Waals surface area contributed by atoms with E-state index in [9.17, 15) is 0 Å². The van der Waals surface area contributed by atoms with E-state index in [1.165, 1.54) is 19.3 Å². The number of piperidine rings is 1. The lowest BCUT2D eigenvalue weighted by molar-refractivity contribution is 0.150. The number of aliphatic imine (C=N–C) groups is 1. The minimum absolute atomic E-state index is 0.202. The van der Waals surface area contributed by atoms with Crippen LogP contribution in [0.15, 0.2) is 27.8 Å². The molecule has 0 spiro atoms. The Morgan fingerprint density at radius 2 is 2.17 bits per heavy atom. The van der Waals surface area contributed by atoms with Crippen molar-refractivity contribution in [2.45, 2.75) is 45.2 Å². The molecular weight excluding hydrogens is 304 g/mol. The molecule has 0 saturated carbocycles. The summed E-state index contributed by atoms with van der Waals surface area (Å²) in [5.74, 6) is 1.83. The minimum atomic E-state index is 0.202. The number of likely N-dealkylation sites (tertiary alicyclic amines) is 1. The van der Waals surface area contributed by atoms with Crippen LogP contribution in [0.2, 0.25) is 0 Å². The lowest BCUT2D eigenvalue weighted by Crippen LogP contribution is -2.44. The van der Waals surface area contributed by atoms with Gasteiger partial charge in [0, 0.05) is 19.7 Å². The predicted octanol–water partition coefficient (Wildman–Crippen LogP) is 2.40. The molecule has 2 N–H and O–H groups in total. The van der Waals surface area contributed by atoms with Crippen molar-refractivity contribution in [1.29, 1.82) is 0 Å². The van der Waals surface area contributed by atoms with Gasteiger partial charge < -0.3 is 19.8 Å². The van der Waals surface area contributed by atoms with E-state index in [-0.39, 0.29) is 12.1 Å². The molecule has 0 bridgehead atoms. The quantitative estimate of drug-likeness (QED) is 0.564. The third kappa shape index (κ3) is 5.83. The van der Waals surface area contributed by atoms with Crippen LogP contribution in [0.5, 0.6) is 0 Å². The van der Waals surface area contributed by atoms with Gasteiger partial charge in [-0.25, -0.2) is 0 Å². The summed E-state index contributed by atoms with van der Waals surface area (Å²) >= 11 is 0. The van der Waals surface area contributed by atoms with Crippen LogP contribution in [0.3, 0.4) is 0 Å². The summed E-state index contributed by atoms with van der Waals surface area (Å²) in [6.45, 7) is 8.56. The molecule has 0 radical (unpaired) electrons. The molecule has 24 heavy (non-hydrogen) atoms. The number of guanidine groups is 1. The summed E-state index contributed by atoms with van der Waals surface area (Å²) in [6.07, 6.45) is 5.58. The molecule has 6 heteroatoms. The molecule has 1 aromatic rings. The van der Waals surface area contributed by atoms with E-state index in [1.807, 2.05) is 6.07 Å². The number of hydrogen-bond acceptors (Lipinski definition) is 4. The average Bonchev–Trinajstić information content (AvgIpc) is 3.10. The third-order valence-electron chi connectivity index (χ3n) is 4.27. The van der Waals surface area contributed by atoms with Gasteiger partial charge in [0.25, 0.3) is 0 Å². The maximum absolute atomic E-state index is 5.69. The number of hydrogen-bond donors (Lipinski definition) is 2. The Bertz CT molecular complexity index is 469. The zero-order valence-corrected chi connectivity index (χ0v) is 15.3. The number of nitrogens with zero attached hydrogens (tertiary/aromatic N) is 2. The second-order valence-corrected chi connectivity index (χ2v) is 6.35. The van der Waals surface area contributed by atoms with E-state index in [1.54, 1.807) is 13.4 Å². The second kappa shape index (κ2) is 10.4. The van der Waals surface area contributed by atoms with Gasteiger partial charge in [0.05, 0.1) is 25.5 Å². The van der Waals surface area contributed by atoms with Crippen LogP contribution >= 0.6 is 0 Å². The average molecular weight is 336 g/mol. The highest BCUT2D eigenvalue weighted by atomic mass is 16.5. The molecule has 2 atom stereocenters. The Balaban J connectivity index is 2.05. The van der Waals surface area contributed by atoms with Crippen LogP contribution in [0.25, 0.3) is 0 Å². The maximum atomic E-state index is 5.69.